The van der Waals surface area contributed by atoms with Gasteiger partial charge >= 0.3 is 0 Å². The van der Waals surface area contributed by atoms with E-state index in [0.29, 0.717) is 0 Å². The summed E-state index contributed by atoms with van der Waals surface area (Å²) in [6.07, 6.45) is 2.37. The molecule has 1 aliphatic rings. The SMILES string of the molecule is Cc1ccc(CC2(C#N)Cc3ccccc3C2)c(Cl)c1. The molecule has 100 valence electrons. The summed E-state index contributed by atoms with van der Waals surface area (Å²) in [4.78, 5) is 0. The Morgan fingerprint density at radius 3 is 2.35 bits per heavy atom. The Hall–Kier alpha value is -1.78. The third kappa shape index (κ3) is 2.32. The number of halogens is 1. The molecule has 3 rings (SSSR count). The second kappa shape index (κ2) is 4.96. The first kappa shape index (κ1) is 13.2. The number of nitriles is 1. The Bertz CT molecular complexity index is 672. The first-order valence-corrected chi connectivity index (χ1v) is 7.23. The molecule has 0 saturated carbocycles. The van der Waals surface area contributed by atoms with Gasteiger partial charge in [0.1, 0.15) is 0 Å². The molecule has 2 aromatic carbocycles. The van der Waals surface area contributed by atoms with E-state index < -0.39 is 0 Å². The molecule has 2 heteroatoms. The Morgan fingerprint density at radius 2 is 1.80 bits per heavy atom. The van der Waals surface area contributed by atoms with Crippen LogP contribution in [0, 0.1) is 23.7 Å². The fourth-order valence-electron chi connectivity index (χ4n) is 3.10. The molecular weight excluding hydrogens is 266 g/mol. The van der Waals surface area contributed by atoms with Crippen molar-refractivity contribution in [2.75, 3.05) is 0 Å². The van der Waals surface area contributed by atoms with E-state index in [1.165, 1.54) is 11.1 Å². The fraction of sp³-hybridized carbons (Fsp3) is 0.278. The number of nitrogens with zero attached hydrogens (tertiary/aromatic N) is 1. The molecule has 1 aliphatic carbocycles. The number of fused-ring (bicyclic) bond motifs is 1. The minimum absolute atomic E-state index is 0.345. The lowest BCUT2D eigenvalue weighted by atomic mass is 9.80. The maximum atomic E-state index is 9.70. The van der Waals surface area contributed by atoms with Gasteiger partial charge in [0.25, 0.3) is 0 Å². The molecule has 0 radical (unpaired) electrons. The second-order valence-corrected chi connectivity index (χ2v) is 6.19. The van der Waals surface area contributed by atoms with Crippen molar-refractivity contribution in [1.29, 1.82) is 5.26 Å². The van der Waals surface area contributed by atoms with Gasteiger partial charge in [-0.2, -0.15) is 5.26 Å². The lowest BCUT2D eigenvalue weighted by Crippen LogP contribution is -2.22. The van der Waals surface area contributed by atoms with Crippen molar-refractivity contribution < 1.29 is 0 Å². The smallest absolute Gasteiger partial charge is 0.0700 e. The first-order valence-electron chi connectivity index (χ1n) is 6.85. The molecule has 0 saturated heterocycles. The zero-order valence-corrected chi connectivity index (χ0v) is 12.2. The summed E-state index contributed by atoms with van der Waals surface area (Å²) in [5, 5.41) is 10.5. The summed E-state index contributed by atoms with van der Waals surface area (Å²) in [5.41, 5.74) is 4.49. The van der Waals surface area contributed by atoms with Crippen LogP contribution in [0.5, 0.6) is 0 Å². The Labute approximate surface area is 124 Å². The van der Waals surface area contributed by atoms with Crippen molar-refractivity contribution in [2.24, 2.45) is 5.41 Å². The van der Waals surface area contributed by atoms with Crippen LogP contribution < -0.4 is 0 Å². The third-order valence-corrected chi connectivity index (χ3v) is 4.50. The van der Waals surface area contributed by atoms with Crippen LogP contribution in [0.15, 0.2) is 42.5 Å². The van der Waals surface area contributed by atoms with Gasteiger partial charge in [0, 0.05) is 5.02 Å². The van der Waals surface area contributed by atoms with Gasteiger partial charge in [0.15, 0.2) is 0 Å². The first-order chi connectivity index (χ1) is 9.62. The van der Waals surface area contributed by atoms with Crippen LogP contribution >= 0.6 is 11.6 Å². The van der Waals surface area contributed by atoms with Gasteiger partial charge in [-0.25, -0.2) is 0 Å². The molecule has 0 N–H and O–H groups in total. The molecule has 1 nitrogen and oxygen atoms in total. The predicted molar refractivity (Wildman–Crippen MR) is 81.8 cm³/mol. The summed E-state index contributed by atoms with van der Waals surface area (Å²) in [7, 11) is 0. The van der Waals surface area contributed by atoms with Gasteiger partial charge < -0.3 is 0 Å². The number of aryl methyl sites for hydroxylation is 1. The van der Waals surface area contributed by atoms with Crippen LogP contribution in [0.4, 0.5) is 0 Å². The highest BCUT2D eigenvalue weighted by molar-refractivity contribution is 6.31. The number of rotatable bonds is 2. The monoisotopic (exact) mass is 281 g/mol. The molecule has 0 atom stereocenters. The second-order valence-electron chi connectivity index (χ2n) is 5.79. The molecule has 20 heavy (non-hydrogen) atoms. The topological polar surface area (TPSA) is 23.8 Å². The maximum absolute atomic E-state index is 9.70. The summed E-state index contributed by atoms with van der Waals surface area (Å²) in [6, 6.07) is 17.0. The van der Waals surface area contributed by atoms with Gasteiger partial charge in [-0.3, -0.25) is 0 Å². The molecular formula is C18H16ClN. The van der Waals surface area contributed by atoms with E-state index in [4.69, 9.17) is 11.6 Å². The Balaban J connectivity index is 1.92. The van der Waals surface area contributed by atoms with E-state index in [2.05, 4.69) is 30.3 Å². The number of benzene rings is 2. The van der Waals surface area contributed by atoms with Gasteiger partial charge in [0.05, 0.1) is 11.5 Å². The van der Waals surface area contributed by atoms with Crippen LogP contribution in [0.2, 0.25) is 5.02 Å². The average molecular weight is 282 g/mol. The highest BCUT2D eigenvalue weighted by Gasteiger charge is 2.37. The van der Waals surface area contributed by atoms with Crippen LogP contribution in [-0.2, 0) is 19.3 Å². The largest absolute Gasteiger partial charge is 0.198 e. The highest BCUT2D eigenvalue weighted by atomic mass is 35.5. The van der Waals surface area contributed by atoms with E-state index in [9.17, 15) is 5.26 Å². The summed E-state index contributed by atoms with van der Waals surface area (Å²) in [6.45, 7) is 2.03. The van der Waals surface area contributed by atoms with E-state index in [-0.39, 0.29) is 5.41 Å². The quantitative estimate of drug-likeness (QED) is 0.795. The van der Waals surface area contributed by atoms with Gasteiger partial charge in [-0.05, 0) is 54.5 Å². The van der Waals surface area contributed by atoms with E-state index in [1.54, 1.807) is 0 Å². The van der Waals surface area contributed by atoms with Gasteiger partial charge in [-0.1, -0.05) is 48.0 Å². The normalized spacial score (nSPS) is 15.7. The Kier molecular flexibility index (Phi) is 3.28. The number of hydrogen-bond acceptors (Lipinski definition) is 1. The van der Waals surface area contributed by atoms with Crippen molar-refractivity contribution in [3.63, 3.8) is 0 Å². The molecule has 0 fully saturated rings. The van der Waals surface area contributed by atoms with Crippen LogP contribution in [0.3, 0.4) is 0 Å². The molecule has 0 aromatic heterocycles. The molecule has 0 bridgehead atoms. The van der Waals surface area contributed by atoms with Crippen LogP contribution in [-0.4, -0.2) is 0 Å². The summed E-state index contributed by atoms with van der Waals surface area (Å²) >= 11 is 6.33. The van der Waals surface area contributed by atoms with Crippen LogP contribution in [0.1, 0.15) is 22.3 Å². The molecule has 0 heterocycles. The third-order valence-electron chi connectivity index (χ3n) is 4.15. The van der Waals surface area contributed by atoms with Crippen molar-refractivity contribution in [2.45, 2.75) is 26.2 Å². The van der Waals surface area contributed by atoms with Crippen molar-refractivity contribution >= 4 is 11.6 Å². The van der Waals surface area contributed by atoms with E-state index in [0.717, 1.165) is 35.4 Å². The maximum Gasteiger partial charge on any atom is 0.0700 e. The molecule has 0 unspecified atom stereocenters. The molecule has 0 amide bonds. The molecule has 0 spiro atoms. The lowest BCUT2D eigenvalue weighted by molar-refractivity contribution is 0.418. The van der Waals surface area contributed by atoms with Crippen molar-refractivity contribution in [1.82, 2.24) is 0 Å². The average Bonchev–Trinajstić information content (AvgIpc) is 2.81. The van der Waals surface area contributed by atoms with Gasteiger partial charge in [-0.15, -0.1) is 0 Å². The standard InChI is InChI=1S/C18H16ClN/c1-13-6-7-16(17(19)8-13)11-18(12-20)9-14-4-2-3-5-15(14)10-18/h2-8H,9-11H2,1H3. The number of hydrogen-bond donors (Lipinski definition) is 0. The highest BCUT2D eigenvalue weighted by Crippen LogP contribution is 2.40. The molecule has 2 aromatic rings. The minimum Gasteiger partial charge on any atom is -0.198 e. The van der Waals surface area contributed by atoms with Crippen molar-refractivity contribution in [3.8, 4) is 6.07 Å². The summed E-state index contributed by atoms with van der Waals surface area (Å²) in [5.74, 6) is 0. The summed E-state index contributed by atoms with van der Waals surface area (Å²) < 4.78 is 0. The van der Waals surface area contributed by atoms with E-state index in [1.807, 2.05) is 25.1 Å². The van der Waals surface area contributed by atoms with Gasteiger partial charge in [0.2, 0.25) is 0 Å². The van der Waals surface area contributed by atoms with E-state index >= 15 is 0 Å². The predicted octanol–water partition coefficient (Wildman–Crippen LogP) is 4.50. The zero-order chi connectivity index (χ0) is 14.2. The Morgan fingerprint density at radius 1 is 1.15 bits per heavy atom. The fourth-order valence-corrected chi connectivity index (χ4v) is 3.40. The van der Waals surface area contributed by atoms with Crippen LogP contribution in [0.25, 0.3) is 0 Å². The zero-order valence-electron chi connectivity index (χ0n) is 11.5. The molecule has 0 aliphatic heterocycles. The van der Waals surface area contributed by atoms with Crippen molar-refractivity contribution in [3.05, 3.63) is 69.7 Å². The minimum atomic E-state index is -0.345. The lowest BCUT2D eigenvalue weighted by Gasteiger charge is -2.21.